The van der Waals surface area contributed by atoms with Gasteiger partial charge in [-0.2, -0.15) is 5.10 Å². The number of likely N-dealkylation sites (N-methyl/N-ethyl adjacent to an activating group) is 1. The van der Waals surface area contributed by atoms with Crippen molar-refractivity contribution < 1.29 is 14.4 Å². The minimum Gasteiger partial charge on any atom is -0.309 e. The lowest BCUT2D eigenvalue weighted by molar-refractivity contribution is -0.124. The van der Waals surface area contributed by atoms with Crippen LogP contribution in [0.25, 0.3) is 11.2 Å². The van der Waals surface area contributed by atoms with Crippen LogP contribution in [0.4, 0.5) is 16.3 Å². The molecule has 13 nitrogen and oxygen atoms in total. The maximum Gasteiger partial charge on any atom is 0.331 e. The van der Waals surface area contributed by atoms with Crippen molar-refractivity contribution in [3.8, 4) is 0 Å². The number of imide groups is 1. The van der Waals surface area contributed by atoms with Crippen LogP contribution in [0.1, 0.15) is 59.6 Å². The lowest BCUT2D eigenvalue weighted by atomic mass is 10.1. The minimum absolute atomic E-state index is 0.00510. The second-order valence-electron chi connectivity index (χ2n) is 11.6. The number of imidazole rings is 1. The number of hydrogen-bond donors (Lipinski definition) is 1. The number of carbonyl (C=O) groups excluding carboxylic acids is 3. The smallest absolute Gasteiger partial charge is 0.309 e. The molecule has 43 heavy (non-hydrogen) atoms. The van der Waals surface area contributed by atoms with E-state index >= 15 is 0 Å². The van der Waals surface area contributed by atoms with Gasteiger partial charge in [0, 0.05) is 62.0 Å². The van der Waals surface area contributed by atoms with Gasteiger partial charge in [0.15, 0.2) is 11.5 Å². The van der Waals surface area contributed by atoms with Gasteiger partial charge in [0.05, 0.1) is 17.1 Å². The standard InChI is InChI=1S/C30H28N10O3/c1-16-5-6-31-26(33-16)21-12-22(21)29(42)35-27-23-11-19(36-40(23)8-7-32-27)10-20-14-38-13-18(17-3-4-17)9-24(28(38)34-20)39-15-25(41)37(2)30(39)43/h5-9,11,13-14,17,21-22H,3-4,10,12,15H2,1-2H3,(H,32,35,42). The third kappa shape index (κ3) is 4.47. The number of anilines is 2. The fourth-order valence-corrected chi connectivity index (χ4v) is 5.83. The molecule has 3 aliphatic rings. The number of aryl methyl sites for hydroxylation is 1. The first-order valence-corrected chi connectivity index (χ1v) is 14.4. The highest BCUT2D eigenvalue weighted by molar-refractivity contribution is 6.13. The fraction of sp³-hybridized carbons (Fsp3) is 0.333. The van der Waals surface area contributed by atoms with Crippen LogP contribution in [-0.4, -0.2) is 70.3 Å². The van der Waals surface area contributed by atoms with E-state index in [2.05, 4.69) is 26.5 Å². The number of amides is 4. The maximum atomic E-state index is 13.1. The lowest BCUT2D eigenvalue weighted by Crippen LogP contribution is -2.30. The molecule has 13 heteroatoms. The van der Waals surface area contributed by atoms with E-state index in [1.54, 1.807) is 23.1 Å². The summed E-state index contributed by atoms with van der Waals surface area (Å²) >= 11 is 0. The summed E-state index contributed by atoms with van der Waals surface area (Å²) in [4.78, 5) is 58.9. The number of fused-ring (bicyclic) bond motifs is 2. The average Bonchev–Trinajstić information content (AvgIpc) is 3.90. The first-order chi connectivity index (χ1) is 20.8. The van der Waals surface area contributed by atoms with Gasteiger partial charge in [-0.1, -0.05) is 0 Å². The van der Waals surface area contributed by atoms with Crippen LogP contribution in [-0.2, 0) is 16.0 Å². The molecule has 5 aromatic heterocycles. The maximum absolute atomic E-state index is 13.1. The molecule has 0 radical (unpaired) electrons. The van der Waals surface area contributed by atoms with Gasteiger partial charge >= 0.3 is 6.03 Å². The average molecular weight is 577 g/mol. The molecule has 8 rings (SSSR count). The van der Waals surface area contributed by atoms with Gasteiger partial charge in [0.2, 0.25) is 11.8 Å². The van der Waals surface area contributed by atoms with E-state index in [9.17, 15) is 14.4 Å². The zero-order chi connectivity index (χ0) is 29.4. The number of urea groups is 1. The van der Waals surface area contributed by atoms with E-state index in [0.717, 1.165) is 40.4 Å². The molecule has 6 heterocycles. The van der Waals surface area contributed by atoms with Crippen LogP contribution in [0.2, 0.25) is 0 Å². The predicted molar refractivity (Wildman–Crippen MR) is 155 cm³/mol. The number of nitrogens with zero attached hydrogens (tertiary/aromatic N) is 9. The van der Waals surface area contributed by atoms with Crippen molar-refractivity contribution in [3.63, 3.8) is 0 Å². The second kappa shape index (κ2) is 9.41. The Morgan fingerprint density at radius 2 is 1.93 bits per heavy atom. The van der Waals surface area contributed by atoms with Crippen LogP contribution >= 0.6 is 0 Å². The Labute approximate surface area is 245 Å². The van der Waals surface area contributed by atoms with Gasteiger partial charge in [0.25, 0.3) is 0 Å². The van der Waals surface area contributed by atoms with Crippen molar-refractivity contribution in [1.29, 1.82) is 0 Å². The molecule has 0 bridgehead atoms. The van der Waals surface area contributed by atoms with Crippen molar-refractivity contribution in [2.24, 2.45) is 5.92 Å². The van der Waals surface area contributed by atoms with Gasteiger partial charge in [-0.3, -0.25) is 19.4 Å². The molecule has 1 aliphatic heterocycles. The molecule has 0 aromatic carbocycles. The number of carbonyl (C=O) groups is 3. The second-order valence-corrected chi connectivity index (χ2v) is 11.6. The zero-order valence-corrected chi connectivity index (χ0v) is 23.6. The highest BCUT2D eigenvalue weighted by Crippen LogP contribution is 2.46. The zero-order valence-electron chi connectivity index (χ0n) is 23.6. The molecular formula is C30H28N10O3. The Morgan fingerprint density at radius 1 is 1.07 bits per heavy atom. The van der Waals surface area contributed by atoms with Crippen molar-refractivity contribution in [2.75, 3.05) is 23.8 Å². The Hall–Kier alpha value is -5.20. The molecule has 5 aromatic rings. The Bertz CT molecular complexity index is 1980. The number of pyridine rings is 1. The third-order valence-electron chi connectivity index (χ3n) is 8.44. The molecule has 3 fully saturated rings. The highest BCUT2D eigenvalue weighted by Gasteiger charge is 2.46. The number of hydrogen-bond acceptors (Lipinski definition) is 8. The molecular weight excluding hydrogens is 548 g/mol. The van der Waals surface area contributed by atoms with Crippen molar-refractivity contribution >= 4 is 40.5 Å². The summed E-state index contributed by atoms with van der Waals surface area (Å²) in [7, 11) is 1.50. The SMILES string of the molecule is Cc1ccnc(C2CC2C(=O)Nc2nccn3nc(Cc4cn5cc(C6CC6)cc(N6CC(=O)N(C)C6=O)c5n4)cc23)n1. The van der Waals surface area contributed by atoms with Gasteiger partial charge < -0.3 is 9.72 Å². The van der Waals surface area contributed by atoms with E-state index in [0.29, 0.717) is 47.3 Å². The quantitative estimate of drug-likeness (QED) is 0.291. The van der Waals surface area contributed by atoms with E-state index in [1.165, 1.54) is 11.9 Å². The summed E-state index contributed by atoms with van der Waals surface area (Å²) in [5.41, 5.74) is 5.46. The first-order valence-electron chi connectivity index (χ1n) is 14.4. The summed E-state index contributed by atoms with van der Waals surface area (Å²) in [6.45, 7) is 1.91. The predicted octanol–water partition coefficient (Wildman–Crippen LogP) is 3.08. The van der Waals surface area contributed by atoms with Crippen molar-refractivity contribution in [1.82, 2.24) is 38.9 Å². The Balaban J connectivity index is 1.06. The highest BCUT2D eigenvalue weighted by atomic mass is 16.2. The van der Waals surface area contributed by atoms with Crippen molar-refractivity contribution in [2.45, 2.75) is 44.4 Å². The number of nitrogens with one attached hydrogen (secondary N) is 1. The summed E-state index contributed by atoms with van der Waals surface area (Å²) in [5, 5.41) is 7.68. The van der Waals surface area contributed by atoms with E-state index < -0.39 is 0 Å². The van der Waals surface area contributed by atoms with Gasteiger partial charge in [0.1, 0.15) is 17.9 Å². The van der Waals surface area contributed by atoms with Crippen LogP contribution in [0.3, 0.4) is 0 Å². The molecule has 216 valence electrons. The van der Waals surface area contributed by atoms with Crippen LogP contribution in [0.15, 0.2) is 49.2 Å². The van der Waals surface area contributed by atoms with Gasteiger partial charge in [-0.25, -0.2) is 29.2 Å². The normalized spacial score (nSPS) is 20.0. The molecule has 1 saturated heterocycles. The summed E-state index contributed by atoms with van der Waals surface area (Å²) in [6, 6.07) is 5.38. The minimum atomic E-state index is -0.351. The van der Waals surface area contributed by atoms with Crippen LogP contribution in [0.5, 0.6) is 0 Å². The molecule has 2 saturated carbocycles. The largest absolute Gasteiger partial charge is 0.331 e. The summed E-state index contributed by atoms with van der Waals surface area (Å²) in [5.74, 6) is 1.05. The molecule has 2 unspecified atom stereocenters. The molecule has 2 atom stereocenters. The topological polar surface area (TPSA) is 143 Å². The van der Waals surface area contributed by atoms with E-state index in [1.807, 2.05) is 35.7 Å². The molecule has 2 aliphatic carbocycles. The lowest BCUT2D eigenvalue weighted by Gasteiger charge is -2.17. The summed E-state index contributed by atoms with van der Waals surface area (Å²) in [6.07, 6.45) is 12.4. The van der Waals surface area contributed by atoms with Gasteiger partial charge in [-0.15, -0.1) is 0 Å². The fourth-order valence-electron chi connectivity index (χ4n) is 5.83. The van der Waals surface area contributed by atoms with Crippen LogP contribution in [0, 0.1) is 12.8 Å². The Morgan fingerprint density at radius 3 is 2.70 bits per heavy atom. The van der Waals surface area contributed by atoms with Gasteiger partial charge in [-0.05, 0) is 55.9 Å². The van der Waals surface area contributed by atoms with E-state index in [-0.39, 0.29) is 36.2 Å². The molecule has 0 spiro atoms. The summed E-state index contributed by atoms with van der Waals surface area (Å²) < 4.78 is 3.64. The first kappa shape index (κ1) is 25.5. The number of rotatable bonds is 7. The Kier molecular flexibility index (Phi) is 5.58. The van der Waals surface area contributed by atoms with Crippen molar-refractivity contribution in [3.05, 3.63) is 77.7 Å². The monoisotopic (exact) mass is 576 g/mol. The van der Waals surface area contributed by atoms with Crippen LogP contribution < -0.4 is 10.2 Å². The molecule has 1 N–H and O–H groups in total. The third-order valence-corrected chi connectivity index (χ3v) is 8.44. The molecule has 4 amide bonds. The van der Waals surface area contributed by atoms with E-state index in [4.69, 9.17) is 10.1 Å². The number of aromatic nitrogens is 7.